The lowest BCUT2D eigenvalue weighted by molar-refractivity contribution is -0.149. The average Bonchev–Trinajstić information content (AvgIpc) is 3.29. The maximum atomic E-state index is 12.5. The Kier molecular flexibility index (Phi) is 4.09. The molecule has 9 heteroatoms. The Labute approximate surface area is 153 Å². The van der Waals surface area contributed by atoms with Crippen LogP contribution in [0.25, 0.3) is 0 Å². The van der Waals surface area contributed by atoms with E-state index in [4.69, 9.17) is 4.74 Å². The minimum Gasteiger partial charge on any atom is -0.462 e. The molecule has 4 atom stereocenters. The largest absolute Gasteiger partial charge is 0.462 e. The molecule has 1 aromatic heterocycles. The summed E-state index contributed by atoms with van der Waals surface area (Å²) in [4.78, 5) is 63.3. The summed E-state index contributed by atoms with van der Waals surface area (Å²) in [5.41, 5.74) is -0.918. The molecule has 2 heterocycles. The van der Waals surface area contributed by atoms with Crippen molar-refractivity contribution in [1.82, 2.24) is 14.5 Å². The summed E-state index contributed by atoms with van der Waals surface area (Å²) >= 11 is 0. The zero-order chi connectivity index (χ0) is 19.3. The van der Waals surface area contributed by atoms with Gasteiger partial charge < -0.3 is 4.74 Å². The summed E-state index contributed by atoms with van der Waals surface area (Å²) in [7, 11) is 0. The molecule has 0 unspecified atom stereocenters. The second-order valence-electron chi connectivity index (χ2n) is 7.25. The van der Waals surface area contributed by atoms with Crippen molar-refractivity contribution in [3.05, 3.63) is 44.8 Å². The van der Waals surface area contributed by atoms with E-state index in [-0.39, 0.29) is 55.2 Å². The van der Waals surface area contributed by atoms with Gasteiger partial charge in [-0.1, -0.05) is 12.2 Å². The van der Waals surface area contributed by atoms with Gasteiger partial charge in [-0.3, -0.25) is 33.6 Å². The van der Waals surface area contributed by atoms with Crippen LogP contribution in [0.1, 0.15) is 12.0 Å². The van der Waals surface area contributed by atoms with Crippen molar-refractivity contribution >= 4 is 17.8 Å². The number of nitrogens with zero attached hydrogens (tertiary/aromatic N) is 2. The van der Waals surface area contributed by atoms with Crippen LogP contribution >= 0.6 is 0 Å². The van der Waals surface area contributed by atoms with Gasteiger partial charge >= 0.3 is 11.7 Å². The summed E-state index contributed by atoms with van der Waals surface area (Å²) < 4.78 is 6.11. The van der Waals surface area contributed by atoms with Crippen molar-refractivity contribution in [1.29, 1.82) is 0 Å². The monoisotopic (exact) mass is 373 g/mol. The number of aromatic nitrogens is 2. The SMILES string of the molecule is Cc1cn(CC(=O)OCCN2C(=O)[C@@H]3[C@H](C2=O)[C@H]2C=C[C@@H]3C2)c(=O)[nH]c1=O. The molecule has 142 valence electrons. The van der Waals surface area contributed by atoms with E-state index in [2.05, 4.69) is 4.98 Å². The van der Waals surface area contributed by atoms with Crippen LogP contribution in [0, 0.1) is 30.6 Å². The van der Waals surface area contributed by atoms with Crippen LogP contribution in [-0.4, -0.2) is 45.4 Å². The molecule has 1 saturated heterocycles. The van der Waals surface area contributed by atoms with E-state index in [1.807, 2.05) is 12.2 Å². The van der Waals surface area contributed by atoms with Crippen molar-refractivity contribution in [2.75, 3.05) is 13.2 Å². The molecule has 0 spiro atoms. The van der Waals surface area contributed by atoms with E-state index in [9.17, 15) is 24.0 Å². The molecule has 0 radical (unpaired) electrons. The van der Waals surface area contributed by atoms with Crippen molar-refractivity contribution in [3.8, 4) is 0 Å². The first kappa shape index (κ1) is 17.4. The molecule has 2 aliphatic carbocycles. The normalized spacial score (nSPS) is 28.1. The summed E-state index contributed by atoms with van der Waals surface area (Å²) in [6, 6.07) is 0. The van der Waals surface area contributed by atoms with Crippen LogP contribution in [0.5, 0.6) is 0 Å². The Hall–Kier alpha value is -2.97. The molecule has 0 aromatic carbocycles. The smallest absolute Gasteiger partial charge is 0.328 e. The fourth-order valence-corrected chi connectivity index (χ4v) is 4.36. The number of allylic oxidation sites excluding steroid dienone is 2. The number of rotatable bonds is 5. The van der Waals surface area contributed by atoms with Crippen LogP contribution < -0.4 is 11.2 Å². The molecule has 1 aromatic rings. The van der Waals surface area contributed by atoms with Crippen molar-refractivity contribution in [2.24, 2.45) is 23.7 Å². The fourth-order valence-electron chi connectivity index (χ4n) is 4.36. The molecule has 3 aliphatic rings. The Bertz CT molecular complexity index is 944. The molecule has 1 saturated carbocycles. The third-order valence-corrected chi connectivity index (χ3v) is 5.63. The summed E-state index contributed by atoms with van der Waals surface area (Å²) in [5.74, 6) is -1.34. The number of carbonyl (C=O) groups excluding carboxylic acids is 3. The first-order valence-electron chi connectivity index (χ1n) is 8.86. The topological polar surface area (TPSA) is 119 Å². The van der Waals surface area contributed by atoms with E-state index < -0.39 is 17.2 Å². The minimum absolute atomic E-state index is 0.00932. The molecular weight excluding hydrogens is 354 g/mol. The number of nitrogens with one attached hydrogen (secondary N) is 1. The van der Waals surface area contributed by atoms with Gasteiger partial charge in [0.1, 0.15) is 13.2 Å². The summed E-state index contributed by atoms with van der Waals surface area (Å²) in [6.07, 6.45) is 6.18. The van der Waals surface area contributed by atoms with Gasteiger partial charge in [-0.25, -0.2) is 4.79 Å². The van der Waals surface area contributed by atoms with Gasteiger partial charge in [0.05, 0.1) is 18.4 Å². The number of fused-ring (bicyclic) bond motifs is 5. The zero-order valence-corrected chi connectivity index (χ0v) is 14.7. The highest BCUT2D eigenvalue weighted by Crippen LogP contribution is 2.52. The molecule has 1 aliphatic heterocycles. The molecule has 4 rings (SSSR count). The number of amides is 2. The minimum atomic E-state index is -0.705. The van der Waals surface area contributed by atoms with Gasteiger partial charge in [-0.05, 0) is 25.2 Å². The van der Waals surface area contributed by atoms with Gasteiger partial charge in [-0.15, -0.1) is 0 Å². The maximum Gasteiger partial charge on any atom is 0.328 e. The average molecular weight is 373 g/mol. The van der Waals surface area contributed by atoms with Crippen LogP contribution in [-0.2, 0) is 25.7 Å². The molecule has 1 N–H and O–H groups in total. The van der Waals surface area contributed by atoms with Crippen LogP contribution in [0.2, 0.25) is 0 Å². The highest BCUT2D eigenvalue weighted by Gasteiger charge is 2.59. The number of aromatic amines is 1. The maximum absolute atomic E-state index is 12.5. The Morgan fingerprint density at radius 2 is 1.78 bits per heavy atom. The molecule has 2 fully saturated rings. The number of H-pyrrole nitrogens is 1. The van der Waals surface area contributed by atoms with Gasteiger partial charge in [-0.2, -0.15) is 0 Å². The van der Waals surface area contributed by atoms with Crippen molar-refractivity contribution in [3.63, 3.8) is 0 Å². The highest BCUT2D eigenvalue weighted by atomic mass is 16.5. The van der Waals surface area contributed by atoms with Crippen molar-refractivity contribution < 1.29 is 19.1 Å². The van der Waals surface area contributed by atoms with Gasteiger partial charge in [0.25, 0.3) is 5.56 Å². The molecule has 2 bridgehead atoms. The van der Waals surface area contributed by atoms with Gasteiger partial charge in [0, 0.05) is 11.8 Å². The van der Waals surface area contributed by atoms with E-state index in [1.54, 1.807) is 0 Å². The quantitative estimate of drug-likeness (QED) is 0.410. The predicted molar refractivity (Wildman–Crippen MR) is 91.5 cm³/mol. The second kappa shape index (κ2) is 6.33. The number of likely N-dealkylation sites (tertiary alicyclic amines) is 1. The molecule has 27 heavy (non-hydrogen) atoms. The third-order valence-electron chi connectivity index (χ3n) is 5.63. The number of hydrogen-bond donors (Lipinski definition) is 1. The lowest BCUT2D eigenvalue weighted by Crippen LogP contribution is -2.37. The lowest BCUT2D eigenvalue weighted by atomic mass is 9.85. The number of hydrogen-bond acceptors (Lipinski definition) is 6. The molecular formula is C18H19N3O6. The first-order chi connectivity index (χ1) is 12.9. The van der Waals surface area contributed by atoms with Crippen LogP contribution in [0.3, 0.4) is 0 Å². The highest BCUT2D eigenvalue weighted by molar-refractivity contribution is 6.06. The van der Waals surface area contributed by atoms with E-state index >= 15 is 0 Å². The number of imide groups is 1. The standard InChI is InChI=1S/C18H19N3O6/c1-9-7-20(18(26)19-15(9)23)8-12(22)27-5-4-21-16(24)13-10-2-3-11(6-10)14(13)17(21)25/h2-3,7,10-11,13-14H,4-6,8H2,1H3,(H,19,23,26)/t10-,11+,13+,14-. The number of esters is 1. The van der Waals surface area contributed by atoms with E-state index in [1.165, 1.54) is 18.0 Å². The molecule has 9 nitrogen and oxygen atoms in total. The van der Waals surface area contributed by atoms with Crippen molar-refractivity contribution in [2.45, 2.75) is 19.9 Å². The fraction of sp³-hybridized carbons (Fsp3) is 0.500. The first-order valence-corrected chi connectivity index (χ1v) is 8.86. The number of aryl methyl sites for hydroxylation is 1. The number of ether oxygens (including phenoxy) is 1. The lowest BCUT2D eigenvalue weighted by Gasteiger charge is -2.17. The van der Waals surface area contributed by atoms with E-state index in [0.717, 1.165) is 11.0 Å². The van der Waals surface area contributed by atoms with Crippen LogP contribution in [0.4, 0.5) is 0 Å². The Balaban J connectivity index is 1.33. The van der Waals surface area contributed by atoms with Gasteiger partial charge in [0.2, 0.25) is 11.8 Å². The second-order valence-corrected chi connectivity index (χ2v) is 7.25. The van der Waals surface area contributed by atoms with Gasteiger partial charge in [0.15, 0.2) is 0 Å². The zero-order valence-electron chi connectivity index (χ0n) is 14.7. The molecule has 2 amide bonds. The van der Waals surface area contributed by atoms with E-state index in [0.29, 0.717) is 5.56 Å². The third kappa shape index (κ3) is 2.83. The summed E-state index contributed by atoms with van der Waals surface area (Å²) in [5, 5.41) is 0. The number of carbonyl (C=O) groups is 3. The summed E-state index contributed by atoms with van der Waals surface area (Å²) in [6.45, 7) is 1.03. The van der Waals surface area contributed by atoms with Crippen LogP contribution in [0.15, 0.2) is 27.9 Å². The Morgan fingerprint density at radius 3 is 2.41 bits per heavy atom. The Morgan fingerprint density at radius 1 is 1.15 bits per heavy atom. The predicted octanol–water partition coefficient (Wildman–Crippen LogP) is -0.805.